The molecule has 0 aliphatic heterocycles. The Hall–Kier alpha value is -0.910. The Morgan fingerprint density at radius 3 is 2.76 bits per heavy atom. The van der Waals surface area contributed by atoms with E-state index in [1.807, 2.05) is 25.1 Å². The highest BCUT2D eigenvalue weighted by Gasteiger charge is 2.10. The highest BCUT2D eigenvalue weighted by atomic mass is 79.9. The van der Waals surface area contributed by atoms with Crippen molar-refractivity contribution in [3.63, 3.8) is 0 Å². The molecule has 0 spiro atoms. The zero-order chi connectivity index (χ0) is 12.6. The van der Waals surface area contributed by atoms with Gasteiger partial charge in [-0.2, -0.15) is 5.10 Å². The van der Waals surface area contributed by atoms with Crippen molar-refractivity contribution in [2.45, 2.75) is 6.92 Å². The van der Waals surface area contributed by atoms with Crippen molar-refractivity contribution >= 4 is 44.7 Å². The average Bonchev–Trinajstić information content (AvgIpc) is 2.59. The maximum absolute atomic E-state index is 5.99. The number of rotatable bonds is 2. The van der Waals surface area contributed by atoms with Crippen LogP contribution < -0.4 is 5.73 Å². The highest BCUT2D eigenvalue weighted by molar-refractivity contribution is 9.10. The molecule has 2 aromatic rings. The fraction of sp³-hybridized carbons (Fsp3) is 0.0909. The predicted octanol–water partition coefficient (Wildman–Crippen LogP) is 3.23. The van der Waals surface area contributed by atoms with Gasteiger partial charge in [-0.3, -0.25) is 0 Å². The maximum Gasteiger partial charge on any atom is 0.106 e. The molecule has 0 saturated heterocycles. The van der Waals surface area contributed by atoms with Gasteiger partial charge in [0, 0.05) is 16.2 Å². The summed E-state index contributed by atoms with van der Waals surface area (Å²) in [7, 11) is 0. The summed E-state index contributed by atoms with van der Waals surface area (Å²) in [5.41, 5.74) is 8.04. The maximum atomic E-state index is 5.99. The highest BCUT2D eigenvalue weighted by Crippen LogP contribution is 2.22. The molecule has 0 fully saturated rings. The molecule has 2 N–H and O–H groups in total. The van der Waals surface area contributed by atoms with Gasteiger partial charge in [-0.1, -0.05) is 39.7 Å². The minimum absolute atomic E-state index is 0.325. The van der Waals surface area contributed by atoms with Crippen LogP contribution in [0.4, 0.5) is 0 Å². The van der Waals surface area contributed by atoms with Crippen LogP contribution in [-0.2, 0) is 0 Å². The van der Waals surface area contributed by atoms with E-state index in [4.69, 9.17) is 29.6 Å². The second-order valence-corrected chi connectivity index (χ2v) is 5.30. The van der Waals surface area contributed by atoms with Crippen LogP contribution in [0.15, 0.2) is 28.9 Å². The van der Waals surface area contributed by atoms with Crippen LogP contribution in [0, 0.1) is 6.92 Å². The molecule has 0 bridgehead atoms. The summed E-state index contributed by atoms with van der Waals surface area (Å²) in [6, 6.07) is 5.66. The van der Waals surface area contributed by atoms with Gasteiger partial charge >= 0.3 is 0 Å². The summed E-state index contributed by atoms with van der Waals surface area (Å²) in [5, 5.41) is 4.92. The molecule has 0 aliphatic rings. The Kier molecular flexibility index (Phi) is 3.51. The van der Waals surface area contributed by atoms with Crippen LogP contribution in [0.5, 0.6) is 0 Å². The lowest BCUT2D eigenvalue weighted by atomic mass is 10.2. The normalized spacial score (nSPS) is 10.5. The van der Waals surface area contributed by atoms with Crippen LogP contribution in [0.25, 0.3) is 5.69 Å². The summed E-state index contributed by atoms with van der Waals surface area (Å²) in [5.74, 6) is 0. The zero-order valence-electron chi connectivity index (χ0n) is 8.95. The van der Waals surface area contributed by atoms with Gasteiger partial charge in [0.05, 0.1) is 16.4 Å². The van der Waals surface area contributed by atoms with Crippen LogP contribution in [0.1, 0.15) is 11.3 Å². The van der Waals surface area contributed by atoms with E-state index in [2.05, 4.69) is 21.0 Å². The molecule has 0 aliphatic carbocycles. The fourth-order valence-corrected chi connectivity index (χ4v) is 2.12. The van der Waals surface area contributed by atoms with Gasteiger partial charge in [-0.25, -0.2) is 4.68 Å². The van der Waals surface area contributed by atoms with Gasteiger partial charge in [0.1, 0.15) is 4.99 Å². The number of nitrogens with zero attached hydrogens (tertiary/aromatic N) is 2. The van der Waals surface area contributed by atoms with Crippen molar-refractivity contribution in [1.29, 1.82) is 0 Å². The van der Waals surface area contributed by atoms with Gasteiger partial charge in [0.15, 0.2) is 0 Å². The van der Waals surface area contributed by atoms with E-state index in [1.165, 1.54) is 0 Å². The Labute approximate surface area is 118 Å². The topological polar surface area (TPSA) is 43.8 Å². The molecular weight excluding hydrogens is 322 g/mol. The van der Waals surface area contributed by atoms with Gasteiger partial charge in [-0.15, -0.1) is 0 Å². The number of aryl methyl sites for hydroxylation is 1. The molecule has 0 amide bonds. The quantitative estimate of drug-likeness (QED) is 0.860. The fourth-order valence-electron chi connectivity index (χ4n) is 1.47. The summed E-state index contributed by atoms with van der Waals surface area (Å²) < 4.78 is 2.59. The van der Waals surface area contributed by atoms with E-state index in [1.54, 1.807) is 10.9 Å². The number of hydrogen-bond acceptors (Lipinski definition) is 2. The lowest BCUT2D eigenvalue weighted by molar-refractivity contribution is 0.861. The largest absolute Gasteiger partial charge is 0.389 e. The van der Waals surface area contributed by atoms with Crippen molar-refractivity contribution < 1.29 is 0 Å². The Morgan fingerprint density at radius 1 is 1.53 bits per heavy atom. The molecule has 88 valence electrons. The average molecular weight is 331 g/mol. The number of halogens is 2. The molecule has 3 nitrogen and oxygen atoms in total. The summed E-state index contributed by atoms with van der Waals surface area (Å²) in [6.45, 7) is 1.85. The first kappa shape index (κ1) is 12.5. The van der Waals surface area contributed by atoms with Crippen LogP contribution in [0.2, 0.25) is 5.02 Å². The van der Waals surface area contributed by atoms with Crippen molar-refractivity contribution in [3.05, 3.63) is 45.1 Å². The lowest BCUT2D eigenvalue weighted by Gasteiger charge is -2.08. The van der Waals surface area contributed by atoms with Crippen LogP contribution in [0.3, 0.4) is 0 Å². The first-order chi connectivity index (χ1) is 7.99. The summed E-state index contributed by atoms with van der Waals surface area (Å²) >= 11 is 14.4. The third kappa shape index (κ3) is 2.51. The Bertz CT molecular complexity index is 575. The smallest absolute Gasteiger partial charge is 0.106 e. The molecule has 0 radical (unpaired) electrons. The van der Waals surface area contributed by atoms with Crippen molar-refractivity contribution in [2.75, 3.05) is 0 Å². The standard InChI is InChI=1S/C11H9BrClN3S/c1-6-9(13)5-16(15-6)10-3-2-7(12)4-8(10)11(14)17/h2-5H,1H3,(H2,14,17). The van der Waals surface area contributed by atoms with E-state index < -0.39 is 0 Å². The molecule has 1 aromatic carbocycles. The third-order valence-corrected chi connectivity index (χ3v) is 3.39. The third-order valence-electron chi connectivity index (χ3n) is 2.31. The van der Waals surface area contributed by atoms with E-state index in [0.29, 0.717) is 10.0 Å². The van der Waals surface area contributed by atoms with E-state index in [9.17, 15) is 0 Å². The molecule has 2 rings (SSSR count). The van der Waals surface area contributed by atoms with E-state index in [-0.39, 0.29) is 0 Å². The number of aromatic nitrogens is 2. The van der Waals surface area contributed by atoms with E-state index >= 15 is 0 Å². The zero-order valence-corrected chi connectivity index (χ0v) is 12.1. The van der Waals surface area contributed by atoms with Gasteiger partial charge in [0.25, 0.3) is 0 Å². The first-order valence-corrected chi connectivity index (χ1v) is 6.38. The molecular formula is C11H9BrClN3S. The Morgan fingerprint density at radius 2 is 2.24 bits per heavy atom. The molecule has 6 heteroatoms. The predicted molar refractivity (Wildman–Crippen MR) is 76.9 cm³/mol. The van der Waals surface area contributed by atoms with Gasteiger partial charge in [-0.05, 0) is 25.1 Å². The Balaban J connectivity index is 2.62. The van der Waals surface area contributed by atoms with Crippen LogP contribution in [-0.4, -0.2) is 14.8 Å². The molecule has 0 unspecified atom stereocenters. The molecule has 1 heterocycles. The minimum Gasteiger partial charge on any atom is -0.389 e. The number of benzene rings is 1. The van der Waals surface area contributed by atoms with Crippen LogP contribution >= 0.6 is 39.7 Å². The minimum atomic E-state index is 0.325. The lowest BCUT2D eigenvalue weighted by Crippen LogP contribution is -2.13. The first-order valence-electron chi connectivity index (χ1n) is 4.80. The van der Waals surface area contributed by atoms with Gasteiger partial charge in [0.2, 0.25) is 0 Å². The molecule has 1 aromatic heterocycles. The molecule has 0 saturated carbocycles. The number of thiocarbonyl (C=S) groups is 1. The summed E-state index contributed by atoms with van der Waals surface area (Å²) in [6.07, 6.45) is 1.74. The second-order valence-electron chi connectivity index (χ2n) is 3.53. The monoisotopic (exact) mass is 329 g/mol. The SMILES string of the molecule is Cc1nn(-c2ccc(Br)cc2C(N)=S)cc1Cl. The number of hydrogen-bond donors (Lipinski definition) is 1. The van der Waals surface area contributed by atoms with Gasteiger partial charge < -0.3 is 5.73 Å². The van der Waals surface area contributed by atoms with Crippen molar-refractivity contribution in [1.82, 2.24) is 9.78 Å². The second kappa shape index (κ2) is 4.76. The number of nitrogens with two attached hydrogens (primary N) is 1. The van der Waals surface area contributed by atoms with Crippen molar-refractivity contribution in [3.8, 4) is 5.69 Å². The van der Waals surface area contributed by atoms with E-state index in [0.717, 1.165) is 21.4 Å². The summed E-state index contributed by atoms with van der Waals surface area (Å²) in [4.78, 5) is 0.325. The van der Waals surface area contributed by atoms with Crippen molar-refractivity contribution in [2.24, 2.45) is 5.73 Å². The molecule has 17 heavy (non-hydrogen) atoms. The molecule has 0 atom stereocenters.